The summed E-state index contributed by atoms with van der Waals surface area (Å²) >= 11 is 8.28. The number of fused-ring (bicyclic) bond motifs is 3. The first-order chi connectivity index (χ1) is 17.1. The SMILES string of the molecule is O=C1CCCN1Cc1cc2nccc(-c3cc(Cl)cc4c3O[C@@H](c3onc5c3CNCC5)C4)c2s1. The molecule has 0 unspecified atom stereocenters. The van der Waals surface area contributed by atoms with Crippen LogP contribution in [0.3, 0.4) is 0 Å². The summed E-state index contributed by atoms with van der Waals surface area (Å²) in [4.78, 5) is 19.8. The second kappa shape index (κ2) is 8.33. The van der Waals surface area contributed by atoms with Crippen LogP contribution in [-0.4, -0.2) is 34.0 Å². The summed E-state index contributed by atoms with van der Waals surface area (Å²) < 4.78 is 13.4. The standard InChI is InChI=1S/C26H23ClN4O3S/c27-15-8-14-9-22(25-19-12-28-5-4-20(19)30-34-25)33-24(14)18(10-15)17-3-6-29-21-11-16(35-26(17)21)13-31-7-1-2-23(31)32/h3,6,8,10-11,22,28H,1-2,4-5,7,9,12-13H2/t22-/m1/s1. The lowest BCUT2D eigenvalue weighted by Gasteiger charge is -2.15. The van der Waals surface area contributed by atoms with Crippen molar-refractivity contribution in [1.82, 2.24) is 20.4 Å². The third kappa shape index (κ3) is 3.63. The zero-order chi connectivity index (χ0) is 23.5. The molecule has 7 rings (SSSR count). The first-order valence-corrected chi connectivity index (χ1v) is 13.2. The first kappa shape index (κ1) is 21.4. The topological polar surface area (TPSA) is 80.5 Å². The van der Waals surface area contributed by atoms with Crippen LogP contribution in [0.2, 0.25) is 5.02 Å². The molecule has 4 aromatic rings. The number of nitrogens with zero attached hydrogens (tertiary/aromatic N) is 3. The maximum absolute atomic E-state index is 12.1. The number of nitrogens with one attached hydrogen (secondary N) is 1. The Morgan fingerprint density at radius 1 is 1.23 bits per heavy atom. The van der Waals surface area contributed by atoms with Gasteiger partial charge in [0.25, 0.3) is 0 Å². The van der Waals surface area contributed by atoms with Crippen molar-refractivity contribution in [1.29, 1.82) is 0 Å². The molecule has 3 aliphatic rings. The summed E-state index contributed by atoms with van der Waals surface area (Å²) in [5.74, 6) is 1.87. The molecule has 1 amide bonds. The predicted molar refractivity (Wildman–Crippen MR) is 134 cm³/mol. The highest BCUT2D eigenvalue weighted by atomic mass is 35.5. The Morgan fingerprint density at radius 3 is 3.06 bits per heavy atom. The van der Waals surface area contributed by atoms with Gasteiger partial charge in [0.1, 0.15) is 5.75 Å². The Balaban J connectivity index is 1.27. The number of hydrogen-bond donors (Lipinski definition) is 1. The third-order valence-corrected chi connectivity index (χ3v) is 8.46. The molecule has 1 aromatic carbocycles. The highest BCUT2D eigenvalue weighted by Crippen LogP contribution is 2.48. The second-order valence-electron chi connectivity index (χ2n) is 9.36. The molecule has 3 aliphatic heterocycles. The number of rotatable bonds is 4. The van der Waals surface area contributed by atoms with Crippen molar-refractivity contribution in [2.75, 3.05) is 13.1 Å². The number of ether oxygens (including phenoxy) is 1. The number of halogens is 1. The van der Waals surface area contributed by atoms with Crippen LogP contribution in [0.25, 0.3) is 21.3 Å². The normalized spacial score (nSPS) is 19.3. The molecule has 6 heterocycles. The van der Waals surface area contributed by atoms with E-state index < -0.39 is 0 Å². The number of hydrogen-bond acceptors (Lipinski definition) is 7. The zero-order valence-corrected chi connectivity index (χ0v) is 20.5. The largest absolute Gasteiger partial charge is 0.481 e. The number of carbonyl (C=O) groups is 1. The Hall–Kier alpha value is -2.94. The number of aromatic nitrogens is 2. The molecule has 9 heteroatoms. The van der Waals surface area contributed by atoms with Crippen LogP contribution in [0.5, 0.6) is 5.75 Å². The van der Waals surface area contributed by atoms with Gasteiger partial charge in [0.05, 0.1) is 22.5 Å². The summed E-state index contributed by atoms with van der Waals surface area (Å²) in [6, 6.07) is 8.07. The van der Waals surface area contributed by atoms with E-state index in [2.05, 4.69) is 21.5 Å². The van der Waals surface area contributed by atoms with E-state index in [9.17, 15) is 4.79 Å². The van der Waals surface area contributed by atoms with Crippen molar-refractivity contribution < 1.29 is 14.1 Å². The van der Waals surface area contributed by atoms with E-state index in [0.29, 0.717) is 24.4 Å². The van der Waals surface area contributed by atoms with Crippen molar-refractivity contribution >= 4 is 39.1 Å². The van der Waals surface area contributed by atoms with E-state index in [4.69, 9.17) is 20.9 Å². The van der Waals surface area contributed by atoms with Gasteiger partial charge in [0.2, 0.25) is 5.91 Å². The Kier molecular flexibility index (Phi) is 5.08. The molecule has 0 saturated carbocycles. The minimum atomic E-state index is -0.226. The lowest BCUT2D eigenvalue weighted by Crippen LogP contribution is -2.24. The number of amides is 1. The van der Waals surface area contributed by atoms with Gasteiger partial charge in [-0.25, -0.2) is 0 Å². The lowest BCUT2D eigenvalue weighted by molar-refractivity contribution is -0.128. The average Bonchev–Trinajstić information content (AvgIpc) is 3.63. The predicted octanol–water partition coefficient (Wildman–Crippen LogP) is 5.05. The molecule has 1 fully saturated rings. The minimum Gasteiger partial charge on any atom is -0.481 e. The van der Waals surface area contributed by atoms with Gasteiger partial charge in [-0.3, -0.25) is 9.78 Å². The van der Waals surface area contributed by atoms with Crippen LogP contribution in [0.15, 0.2) is 35.0 Å². The highest BCUT2D eigenvalue weighted by molar-refractivity contribution is 7.19. The number of benzene rings is 1. The van der Waals surface area contributed by atoms with Gasteiger partial charge in [-0.15, -0.1) is 11.3 Å². The fourth-order valence-corrected chi connectivity index (χ4v) is 6.82. The number of thiophene rings is 1. The van der Waals surface area contributed by atoms with Crippen molar-refractivity contribution in [3.05, 3.63) is 62.9 Å². The Labute approximate surface area is 211 Å². The van der Waals surface area contributed by atoms with E-state index in [0.717, 1.165) is 87.0 Å². The van der Waals surface area contributed by atoms with Crippen molar-refractivity contribution in [2.45, 2.75) is 44.9 Å². The minimum absolute atomic E-state index is 0.226. The fraction of sp³-hybridized carbons (Fsp3) is 0.346. The molecule has 178 valence electrons. The quantitative estimate of drug-likeness (QED) is 0.417. The third-order valence-electron chi connectivity index (χ3n) is 7.10. The Morgan fingerprint density at radius 2 is 2.17 bits per heavy atom. The van der Waals surface area contributed by atoms with E-state index in [1.54, 1.807) is 11.3 Å². The number of pyridine rings is 1. The maximum atomic E-state index is 12.1. The monoisotopic (exact) mass is 506 g/mol. The molecule has 0 spiro atoms. The molecule has 0 bridgehead atoms. The number of carbonyl (C=O) groups excluding carboxylic acids is 1. The second-order valence-corrected chi connectivity index (χ2v) is 10.9. The van der Waals surface area contributed by atoms with Crippen LogP contribution in [0.1, 0.15) is 46.4 Å². The van der Waals surface area contributed by atoms with Gasteiger partial charge in [-0.1, -0.05) is 16.8 Å². The van der Waals surface area contributed by atoms with Gasteiger partial charge in [-0.2, -0.15) is 0 Å². The smallest absolute Gasteiger partial charge is 0.222 e. The van der Waals surface area contributed by atoms with Gasteiger partial charge < -0.3 is 19.5 Å². The van der Waals surface area contributed by atoms with Crippen LogP contribution in [0.4, 0.5) is 0 Å². The van der Waals surface area contributed by atoms with Crippen molar-refractivity contribution in [2.24, 2.45) is 0 Å². The first-order valence-electron chi connectivity index (χ1n) is 12.0. The van der Waals surface area contributed by atoms with Crippen molar-refractivity contribution in [3.63, 3.8) is 0 Å². The van der Waals surface area contributed by atoms with Crippen LogP contribution >= 0.6 is 22.9 Å². The molecule has 0 radical (unpaired) electrons. The van der Waals surface area contributed by atoms with E-state index in [-0.39, 0.29) is 12.0 Å². The van der Waals surface area contributed by atoms with Crippen molar-refractivity contribution in [3.8, 4) is 16.9 Å². The molecule has 7 nitrogen and oxygen atoms in total. The molecule has 3 aromatic heterocycles. The molecular weight excluding hydrogens is 484 g/mol. The fourth-order valence-electron chi connectivity index (χ4n) is 5.42. The summed E-state index contributed by atoms with van der Waals surface area (Å²) in [6.07, 6.45) is 4.74. The average molecular weight is 507 g/mol. The van der Waals surface area contributed by atoms with Crippen LogP contribution < -0.4 is 10.1 Å². The maximum Gasteiger partial charge on any atom is 0.222 e. The highest BCUT2D eigenvalue weighted by Gasteiger charge is 2.34. The van der Waals surface area contributed by atoms with Crippen LogP contribution in [0, 0.1) is 0 Å². The molecular formula is C26H23ClN4O3S. The molecule has 1 saturated heterocycles. The summed E-state index contributed by atoms with van der Waals surface area (Å²) in [5.41, 5.74) is 6.13. The molecule has 1 N–H and O–H groups in total. The molecule has 1 atom stereocenters. The van der Waals surface area contributed by atoms with Gasteiger partial charge >= 0.3 is 0 Å². The number of likely N-dealkylation sites (tertiary alicyclic amines) is 1. The molecule has 0 aliphatic carbocycles. The zero-order valence-electron chi connectivity index (χ0n) is 19.0. The van der Waals surface area contributed by atoms with Gasteiger partial charge in [-0.05, 0) is 30.7 Å². The van der Waals surface area contributed by atoms with Crippen LogP contribution in [-0.2, 0) is 30.7 Å². The van der Waals surface area contributed by atoms with Gasteiger partial charge in [0.15, 0.2) is 11.9 Å². The molecule has 35 heavy (non-hydrogen) atoms. The summed E-state index contributed by atoms with van der Waals surface area (Å²) in [6.45, 7) is 3.12. The van der Waals surface area contributed by atoms with E-state index in [1.165, 1.54) is 0 Å². The Bertz CT molecular complexity index is 1480. The summed E-state index contributed by atoms with van der Waals surface area (Å²) in [5, 5.41) is 8.37. The van der Waals surface area contributed by atoms with Gasteiger partial charge in [0, 0.05) is 77.2 Å². The van der Waals surface area contributed by atoms with E-state index >= 15 is 0 Å². The van der Waals surface area contributed by atoms with E-state index in [1.807, 2.05) is 29.3 Å². The lowest BCUT2D eigenvalue weighted by atomic mass is 9.99. The summed E-state index contributed by atoms with van der Waals surface area (Å²) in [7, 11) is 0.